The molecule has 0 unspecified atom stereocenters. The first-order valence-corrected chi connectivity index (χ1v) is 6.20. The third kappa shape index (κ3) is 5.68. The standard InChI is InChI=1S/C13H17ClN2O2/c1-3-4-10(2)15-16-13(17)9-18-12-7-5-11(14)6-8-12/h5-8H,3-4,9H2,1-2H3,(H,16,17)/b15-10-. The number of amides is 1. The molecule has 0 bridgehead atoms. The molecule has 98 valence electrons. The van der Waals surface area contributed by atoms with E-state index in [0.717, 1.165) is 18.6 Å². The summed E-state index contributed by atoms with van der Waals surface area (Å²) in [7, 11) is 0. The van der Waals surface area contributed by atoms with Gasteiger partial charge in [-0.15, -0.1) is 0 Å². The number of rotatable bonds is 6. The Morgan fingerprint density at radius 3 is 2.67 bits per heavy atom. The molecule has 0 saturated carbocycles. The Bertz CT molecular complexity index is 416. The van der Waals surface area contributed by atoms with Crippen LogP contribution in [-0.2, 0) is 4.79 Å². The number of benzene rings is 1. The van der Waals surface area contributed by atoms with E-state index in [0.29, 0.717) is 10.8 Å². The molecule has 0 radical (unpaired) electrons. The average Bonchev–Trinajstić information content (AvgIpc) is 2.36. The summed E-state index contributed by atoms with van der Waals surface area (Å²) in [5, 5.41) is 4.59. The van der Waals surface area contributed by atoms with Crippen molar-refractivity contribution in [1.82, 2.24) is 5.43 Å². The molecule has 0 heterocycles. The van der Waals surface area contributed by atoms with Crippen molar-refractivity contribution in [2.24, 2.45) is 5.10 Å². The van der Waals surface area contributed by atoms with Crippen LogP contribution < -0.4 is 10.2 Å². The Hall–Kier alpha value is -1.55. The van der Waals surface area contributed by atoms with Gasteiger partial charge in [0.05, 0.1) is 0 Å². The molecule has 0 aliphatic rings. The summed E-state index contributed by atoms with van der Waals surface area (Å²) in [6.45, 7) is 3.87. The molecule has 0 saturated heterocycles. The van der Waals surface area contributed by atoms with Gasteiger partial charge in [0.25, 0.3) is 5.91 Å². The third-order valence-electron chi connectivity index (χ3n) is 2.17. The first kappa shape index (κ1) is 14.5. The zero-order chi connectivity index (χ0) is 13.4. The Morgan fingerprint density at radius 1 is 1.39 bits per heavy atom. The van der Waals surface area contributed by atoms with Crippen LogP contribution >= 0.6 is 11.6 Å². The maximum absolute atomic E-state index is 11.4. The summed E-state index contributed by atoms with van der Waals surface area (Å²) in [5.74, 6) is 0.323. The number of nitrogens with one attached hydrogen (secondary N) is 1. The number of hydrazone groups is 1. The van der Waals surface area contributed by atoms with Crippen molar-refractivity contribution in [2.75, 3.05) is 6.61 Å². The van der Waals surface area contributed by atoms with Gasteiger partial charge in [-0.05, 0) is 37.6 Å². The summed E-state index contributed by atoms with van der Waals surface area (Å²) in [6.07, 6.45) is 1.88. The van der Waals surface area contributed by atoms with Crippen LogP contribution in [0.5, 0.6) is 5.75 Å². The molecule has 1 amide bonds. The Morgan fingerprint density at radius 2 is 2.06 bits per heavy atom. The van der Waals surface area contributed by atoms with E-state index in [-0.39, 0.29) is 12.5 Å². The number of hydrogen-bond acceptors (Lipinski definition) is 3. The Balaban J connectivity index is 2.33. The van der Waals surface area contributed by atoms with E-state index in [4.69, 9.17) is 16.3 Å². The van der Waals surface area contributed by atoms with E-state index in [9.17, 15) is 4.79 Å². The minimum absolute atomic E-state index is 0.0649. The molecule has 0 aliphatic carbocycles. The summed E-state index contributed by atoms with van der Waals surface area (Å²) in [6, 6.07) is 6.83. The van der Waals surface area contributed by atoms with Crippen LogP contribution in [0, 0.1) is 0 Å². The summed E-state index contributed by atoms with van der Waals surface area (Å²) < 4.78 is 5.28. The zero-order valence-corrected chi connectivity index (χ0v) is 11.3. The number of carbonyl (C=O) groups is 1. The third-order valence-corrected chi connectivity index (χ3v) is 2.42. The number of nitrogens with zero attached hydrogens (tertiary/aromatic N) is 1. The van der Waals surface area contributed by atoms with Crippen LogP contribution in [0.15, 0.2) is 29.4 Å². The first-order chi connectivity index (χ1) is 8.61. The largest absolute Gasteiger partial charge is 0.484 e. The number of halogens is 1. The summed E-state index contributed by atoms with van der Waals surface area (Å²) in [4.78, 5) is 11.4. The van der Waals surface area contributed by atoms with Crippen molar-refractivity contribution in [3.05, 3.63) is 29.3 Å². The van der Waals surface area contributed by atoms with Gasteiger partial charge in [-0.25, -0.2) is 5.43 Å². The summed E-state index contributed by atoms with van der Waals surface area (Å²) >= 11 is 5.74. The van der Waals surface area contributed by atoms with Gasteiger partial charge in [-0.2, -0.15) is 5.10 Å². The van der Waals surface area contributed by atoms with Gasteiger partial charge in [0, 0.05) is 10.7 Å². The van der Waals surface area contributed by atoms with Gasteiger partial charge in [0.1, 0.15) is 5.75 Å². The van der Waals surface area contributed by atoms with Crippen molar-refractivity contribution in [1.29, 1.82) is 0 Å². The lowest BCUT2D eigenvalue weighted by Gasteiger charge is -2.05. The SMILES string of the molecule is CCC/C(C)=N\NC(=O)COc1ccc(Cl)cc1. The van der Waals surface area contributed by atoms with Crippen molar-refractivity contribution in [3.63, 3.8) is 0 Å². The topological polar surface area (TPSA) is 50.7 Å². The number of carbonyl (C=O) groups excluding carboxylic acids is 1. The predicted octanol–water partition coefficient (Wildman–Crippen LogP) is 3.01. The Labute approximate surface area is 112 Å². The summed E-state index contributed by atoms with van der Waals surface area (Å²) in [5.41, 5.74) is 3.35. The van der Waals surface area contributed by atoms with Crippen molar-refractivity contribution in [3.8, 4) is 5.75 Å². The van der Waals surface area contributed by atoms with E-state index in [1.165, 1.54) is 0 Å². The van der Waals surface area contributed by atoms with Gasteiger partial charge in [-0.3, -0.25) is 4.79 Å². The highest BCUT2D eigenvalue weighted by Gasteiger charge is 2.01. The van der Waals surface area contributed by atoms with Crippen molar-refractivity contribution in [2.45, 2.75) is 26.7 Å². The van der Waals surface area contributed by atoms with Crippen LogP contribution in [0.1, 0.15) is 26.7 Å². The molecule has 1 aromatic rings. The van der Waals surface area contributed by atoms with Gasteiger partial charge < -0.3 is 4.74 Å². The molecular formula is C13H17ClN2O2. The molecule has 1 rings (SSSR count). The lowest BCUT2D eigenvalue weighted by Crippen LogP contribution is -2.25. The molecule has 5 heteroatoms. The minimum atomic E-state index is -0.277. The lowest BCUT2D eigenvalue weighted by atomic mass is 10.2. The molecule has 0 fully saturated rings. The van der Waals surface area contributed by atoms with Crippen LogP contribution in [0.25, 0.3) is 0 Å². The smallest absolute Gasteiger partial charge is 0.277 e. The quantitative estimate of drug-likeness (QED) is 0.637. The lowest BCUT2D eigenvalue weighted by molar-refractivity contribution is -0.123. The van der Waals surface area contributed by atoms with Gasteiger partial charge in [0.2, 0.25) is 0 Å². The highest BCUT2D eigenvalue weighted by Crippen LogP contribution is 2.15. The van der Waals surface area contributed by atoms with Crippen molar-refractivity contribution < 1.29 is 9.53 Å². The second-order valence-corrected chi connectivity index (χ2v) is 4.31. The second kappa shape index (κ2) is 7.71. The van der Waals surface area contributed by atoms with E-state index < -0.39 is 0 Å². The molecular weight excluding hydrogens is 252 g/mol. The van der Waals surface area contributed by atoms with E-state index in [1.807, 2.05) is 6.92 Å². The number of hydrogen-bond donors (Lipinski definition) is 1. The van der Waals surface area contributed by atoms with E-state index >= 15 is 0 Å². The zero-order valence-electron chi connectivity index (χ0n) is 10.6. The van der Waals surface area contributed by atoms with Crippen LogP contribution in [-0.4, -0.2) is 18.2 Å². The molecule has 0 aliphatic heterocycles. The van der Waals surface area contributed by atoms with Gasteiger partial charge in [-0.1, -0.05) is 24.9 Å². The average molecular weight is 269 g/mol. The molecule has 1 N–H and O–H groups in total. The molecule has 0 atom stereocenters. The number of ether oxygens (including phenoxy) is 1. The normalized spacial score (nSPS) is 11.2. The molecule has 18 heavy (non-hydrogen) atoms. The van der Waals surface area contributed by atoms with E-state index in [2.05, 4.69) is 17.5 Å². The fourth-order valence-electron chi connectivity index (χ4n) is 1.29. The predicted molar refractivity (Wildman–Crippen MR) is 73.1 cm³/mol. The molecule has 0 aromatic heterocycles. The highest BCUT2D eigenvalue weighted by molar-refractivity contribution is 6.30. The second-order valence-electron chi connectivity index (χ2n) is 3.87. The maximum atomic E-state index is 11.4. The Kier molecular flexibility index (Phi) is 6.22. The monoisotopic (exact) mass is 268 g/mol. The maximum Gasteiger partial charge on any atom is 0.277 e. The molecule has 0 spiro atoms. The van der Waals surface area contributed by atoms with Crippen LogP contribution in [0.4, 0.5) is 0 Å². The molecule has 4 nitrogen and oxygen atoms in total. The van der Waals surface area contributed by atoms with Crippen LogP contribution in [0.2, 0.25) is 5.02 Å². The van der Waals surface area contributed by atoms with Gasteiger partial charge in [0.15, 0.2) is 6.61 Å². The highest BCUT2D eigenvalue weighted by atomic mass is 35.5. The fourth-order valence-corrected chi connectivity index (χ4v) is 1.41. The van der Waals surface area contributed by atoms with Crippen molar-refractivity contribution >= 4 is 23.2 Å². The van der Waals surface area contributed by atoms with Gasteiger partial charge >= 0.3 is 0 Å². The van der Waals surface area contributed by atoms with E-state index in [1.54, 1.807) is 24.3 Å². The minimum Gasteiger partial charge on any atom is -0.484 e. The van der Waals surface area contributed by atoms with Crippen LogP contribution in [0.3, 0.4) is 0 Å². The first-order valence-electron chi connectivity index (χ1n) is 5.82. The fraction of sp³-hybridized carbons (Fsp3) is 0.385. The molecule has 1 aromatic carbocycles.